The molecule has 0 saturated carbocycles. The van der Waals surface area contributed by atoms with Gasteiger partial charge in [-0.05, 0) is 33.6 Å². The third kappa shape index (κ3) is 3.42. The standard InChI is InChI=1S/C13H11BrN4O/c1-16-13-17-8-11(14)12(18-13)19-10-4-2-9(3-5-10)6-7-15/h2-5,8H,6H2,1H3,(H,16,17,18). The van der Waals surface area contributed by atoms with E-state index in [4.69, 9.17) is 10.00 Å². The van der Waals surface area contributed by atoms with Crippen molar-refractivity contribution in [1.29, 1.82) is 5.26 Å². The molecule has 96 valence electrons. The molecule has 0 fully saturated rings. The van der Waals surface area contributed by atoms with Gasteiger partial charge < -0.3 is 10.1 Å². The van der Waals surface area contributed by atoms with Crippen molar-refractivity contribution in [3.05, 3.63) is 40.5 Å². The Morgan fingerprint density at radius 2 is 2.11 bits per heavy atom. The third-order valence-corrected chi connectivity index (χ3v) is 2.90. The number of nitriles is 1. The van der Waals surface area contributed by atoms with Crippen LogP contribution in [0.5, 0.6) is 11.6 Å². The lowest BCUT2D eigenvalue weighted by Crippen LogP contribution is -1.98. The number of hydrogen-bond donors (Lipinski definition) is 1. The third-order valence-electron chi connectivity index (χ3n) is 2.36. The summed E-state index contributed by atoms with van der Waals surface area (Å²) in [6.45, 7) is 0. The van der Waals surface area contributed by atoms with Crippen molar-refractivity contribution in [2.45, 2.75) is 6.42 Å². The fourth-order valence-corrected chi connectivity index (χ4v) is 1.69. The second kappa shape index (κ2) is 6.16. The lowest BCUT2D eigenvalue weighted by molar-refractivity contribution is 0.459. The van der Waals surface area contributed by atoms with Crippen LogP contribution >= 0.6 is 15.9 Å². The summed E-state index contributed by atoms with van der Waals surface area (Å²) in [6.07, 6.45) is 2.01. The molecule has 1 aromatic heterocycles. The number of ether oxygens (including phenoxy) is 1. The highest BCUT2D eigenvalue weighted by atomic mass is 79.9. The number of nitrogens with zero attached hydrogens (tertiary/aromatic N) is 3. The van der Waals surface area contributed by atoms with Gasteiger partial charge in [0, 0.05) is 7.05 Å². The lowest BCUT2D eigenvalue weighted by Gasteiger charge is -2.08. The fourth-order valence-electron chi connectivity index (χ4n) is 1.42. The topological polar surface area (TPSA) is 70.8 Å². The molecule has 0 unspecified atom stereocenters. The van der Waals surface area contributed by atoms with Crippen molar-refractivity contribution < 1.29 is 4.74 Å². The van der Waals surface area contributed by atoms with E-state index in [2.05, 4.69) is 37.3 Å². The Kier molecular flexibility index (Phi) is 4.31. The molecule has 0 saturated heterocycles. The van der Waals surface area contributed by atoms with Crippen molar-refractivity contribution >= 4 is 21.9 Å². The lowest BCUT2D eigenvalue weighted by atomic mass is 10.2. The predicted molar refractivity (Wildman–Crippen MR) is 75.1 cm³/mol. The van der Waals surface area contributed by atoms with Crippen LogP contribution in [0.2, 0.25) is 0 Å². The summed E-state index contributed by atoms with van der Waals surface area (Å²) in [4.78, 5) is 8.25. The molecule has 5 nitrogen and oxygen atoms in total. The maximum absolute atomic E-state index is 8.61. The fraction of sp³-hybridized carbons (Fsp3) is 0.154. The number of anilines is 1. The van der Waals surface area contributed by atoms with Crippen LogP contribution in [0.3, 0.4) is 0 Å². The highest BCUT2D eigenvalue weighted by Crippen LogP contribution is 2.27. The van der Waals surface area contributed by atoms with Crippen LogP contribution in [0.15, 0.2) is 34.9 Å². The summed E-state index contributed by atoms with van der Waals surface area (Å²) in [6, 6.07) is 9.42. The Morgan fingerprint density at radius 1 is 1.37 bits per heavy atom. The minimum atomic E-state index is 0.390. The smallest absolute Gasteiger partial charge is 0.238 e. The van der Waals surface area contributed by atoms with Gasteiger partial charge in [-0.3, -0.25) is 0 Å². The Bertz CT molecular complexity index is 607. The average Bonchev–Trinajstić information content (AvgIpc) is 2.44. The minimum Gasteiger partial charge on any atom is -0.438 e. The first kappa shape index (κ1) is 13.3. The summed E-state index contributed by atoms with van der Waals surface area (Å²) in [5, 5.41) is 11.5. The van der Waals surface area contributed by atoms with Crippen molar-refractivity contribution in [3.63, 3.8) is 0 Å². The molecule has 1 N–H and O–H groups in total. The van der Waals surface area contributed by atoms with Crippen LogP contribution in [-0.4, -0.2) is 17.0 Å². The van der Waals surface area contributed by atoms with Crippen molar-refractivity contribution in [2.24, 2.45) is 0 Å². The monoisotopic (exact) mass is 318 g/mol. The van der Waals surface area contributed by atoms with Gasteiger partial charge in [0.25, 0.3) is 0 Å². The maximum atomic E-state index is 8.61. The molecule has 2 aromatic rings. The number of halogens is 1. The largest absolute Gasteiger partial charge is 0.438 e. The summed E-state index contributed by atoms with van der Waals surface area (Å²) in [7, 11) is 1.74. The van der Waals surface area contributed by atoms with E-state index in [1.54, 1.807) is 25.4 Å². The first-order valence-electron chi connectivity index (χ1n) is 5.57. The zero-order valence-corrected chi connectivity index (χ0v) is 11.8. The molecule has 6 heteroatoms. The van der Waals surface area contributed by atoms with Crippen LogP contribution in [0.4, 0.5) is 5.95 Å². The molecule has 2 rings (SSSR count). The van der Waals surface area contributed by atoms with Crippen LogP contribution in [0, 0.1) is 11.3 Å². The summed E-state index contributed by atoms with van der Waals surface area (Å²) in [5.74, 6) is 1.58. The Balaban J connectivity index is 2.19. The number of benzene rings is 1. The van der Waals surface area contributed by atoms with Crippen molar-refractivity contribution in [2.75, 3.05) is 12.4 Å². The Hall–Kier alpha value is -2.13. The normalized spacial score (nSPS) is 9.74. The van der Waals surface area contributed by atoms with Gasteiger partial charge in [0.2, 0.25) is 11.8 Å². The van der Waals surface area contributed by atoms with Gasteiger partial charge >= 0.3 is 0 Å². The van der Waals surface area contributed by atoms with E-state index >= 15 is 0 Å². The molecule has 1 aromatic carbocycles. The highest BCUT2D eigenvalue weighted by molar-refractivity contribution is 9.10. The molecular weight excluding hydrogens is 308 g/mol. The Morgan fingerprint density at radius 3 is 2.74 bits per heavy atom. The SMILES string of the molecule is CNc1ncc(Br)c(Oc2ccc(CC#N)cc2)n1. The van der Waals surface area contributed by atoms with Gasteiger partial charge in [-0.25, -0.2) is 4.98 Å². The van der Waals surface area contributed by atoms with Gasteiger partial charge in [0.05, 0.1) is 23.2 Å². The highest BCUT2D eigenvalue weighted by Gasteiger charge is 2.07. The van der Waals surface area contributed by atoms with E-state index in [9.17, 15) is 0 Å². The molecule has 0 spiro atoms. The summed E-state index contributed by atoms with van der Waals surface area (Å²) < 4.78 is 6.34. The van der Waals surface area contributed by atoms with Gasteiger partial charge in [-0.2, -0.15) is 10.2 Å². The van der Waals surface area contributed by atoms with Crippen LogP contribution in [0.1, 0.15) is 5.56 Å². The van der Waals surface area contributed by atoms with Crippen molar-refractivity contribution in [1.82, 2.24) is 9.97 Å². The summed E-state index contributed by atoms with van der Waals surface area (Å²) in [5.41, 5.74) is 0.951. The average molecular weight is 319 g/mol. The molecule has 0 aliphatic rings. The molecule has 1 heterocycles. The Labute approximate surface area is 119 Å². The number of aromatic nitrogens is 2. The van der Waals surface area contributed by atoms with Crippen LogP contribution < -0.4 is 10.1 Å². The molecule has 0 aliphatic heterocycles. The summed E-state index contributed by atoms with van der Waals surface area (Å²) >= 11 is 3.34. The van der Waals surface area contributed by atoms with Gasteiger partial charge in [0.1, 0.15) is 5.75 Å². The van der Waals surface area contributed by atoms with Crippen LogP contribution in [0.25, 0.3) is 0 Å². The molecule has 0 amide bonds. The van der Waals surface area contributed by atoms with Gasteiger partial charge in [-0.1, -0.05) is 12.1 Å². The van der Waals surface area contributed by atoms with E-state index in [-0.39, 0.29) is 0 Å². The molecule has 19 heavy (non-hydrogen) atoms. The van der Waals surface area contributed by atoms with E-state index in [1.165, 1.54) is 0 Å². The first-order chi connectivity index (χ1) is 9.22. The molecular formula is C13H11BrN4O. The number of hydrogen-bond acceptors (Lipinski definition) is 5. The number of rotatable bonds is 4. The minimum absolute atomic E-state index is 0.390. The van der Waals surface area contributed by atoms with E-state index in [1.807, 2.05) is 12.1 Å². The zero-order valence-electron chi connectivity index (χ0n) is 10.2. The van der Waals surface area contributed by atoms with Crippen LogP contribution in [-0.2, 0) is 6.42 Å². The van der Waals surface area contributed by atoms with Crippen molar-refractivity contribution in [3.8, 4) is 17.7 Å². The molecule has 0 radical (unpaired) electrons. The zero-order chi connectivity index (χ0) is 13.7. The molecule has 0 atom stereocenters. The predicted octanol–water partition coefficient (Wildman–Crippen LogP) is 3.14. The van der Waals surface area contributed by atoms with E-state index in [0.717, 1.165) is 5.56 Å². The second-order valence-electron chi connectivity index (χ2n) is 3.68. The second-order valence-corrected chi connectivity index (χ2v) is 4.53. The number of nitrogens with one attached hydrogen (secondary N) is 1. The van der Waals surface area contributed by atoms with Gasteiger partial charge in [0.15, 0.2) is 0 Å². The van der Waals surface area contributed by atoms with E-state index in [0.29, 0.717) is 28.5 Å². The van der Waals surface area contributed by atoms with E-state index < -0.39 is 0 Å². The molecule has 0 aliphatic carbocycles. The maximum Gasteiger partial charge on any atom is 0.238 e. The molecule has 0 bridgehead atoms. The van der Waals surface area contributed by atoms with Gasteiger partial charge in [-0.15, -0.1) is 0 Å². The first-order valence-corrected chi connectivity index (χ1v) is 6.36. The quantitative estimate of drug-likeness (QED) is 0.937.